The zero-order chi connectivity index (χ0) is 6.41. The highest BCUT2D eigenvalue weighted by Gasteiger charge is 1.81. The summed E-state index contributed by atoms with van der Waals surface area (Å²) in [6.45, 7) is 2.43. The molecule has 0 aromatic heterocycles. The van der Waals surface area contributed by atoms with E-state index in [1.165, 1.54) is 0 Å². The van der Waals surface area contributed by atoms with Gasteiger partial charge in [0, 0.05) is 0 Å². The Morgan fingerprint density at radius 3 is 2.75 bits per heavy atom. The quantitative estimate of drug-likeness (QED) is 0.407. The van der Waals surface area contributed by atoms with Crippen LogP contribution in [0.1, 0.15) is 13.3 Å². The molecule has 0 heterocycles. The molecule has 0 aromatic carbocycles. The largest absolute Gasteiger partial charge is 0.417 e. The Kier molecular flexibility index (Phi) is 4.30. The molecule has 3 heteroatoms. The minimum Gasteiger partial charge on any atom is -0.417 e. The van der Waals surface area contributed by atoms with E-state index in [2.05, 4.69) is 4.84 Å². The van der Waals surface area contributed by atoms with Crippen LogP contribution >= 0.6 is 0 Å². The molecule has 48 valence electrons. The summed E-state index contributed by atoms with van der Waals surface area (Å²) < 4.78 is 0. The van der Waals surface area contributed by atoms with E-state index < -0.39 is 0 Å². The molecule has 8 heavy (non-hydrogen) atoms. The van der Waals surface area contributed by atoms with Crippen molar-refractivity contribution < 1.29 is 4.84 Å². The van der Waals surface area contributed by atoms with Gasteiger partial charge < -0.3 is 10.6 Å². The van der Waals surface area contributed by atoms with E-state index >= 15 is 0 Å². The van der Waals surface area contributed by atoms with Gasteiger partial charge in [-0.3, -0.25) is 0 Å². The van der Waals surface area contributed by atoms with Crippen LogP contribution in [0.15, 0.2) is 11.8 Å². The van der Waals surface area contributed by atoms with Crippen molar-refractivity contribution in [1.82, 2.24) is 0 Å². The number of hydrogen-bond donors (Lipinski definition) is 2. The highest BCUT2D eigenvalue weighted by molar-refractivity contribution is 4.87. The average molecular weight is 116 g/mol. The number of hydrogen-bond acceptors (Lipinski definition) is 3. The predicted molar refractivity (Wildman–Crippen MR) is 32.7 cm³/mol. The van der Waals surface area contributed by atoms with Gasteiger partial charge in [-0.05, 0) is 26.0 Å². The second kappa shape index (κ2) is 4.61. The van der Waals surface area contributed by atoms with Gasteiger partial charge in [-0.25, -0.2) is 0 Å². The lowest BCUT2D eigenvalue weighted by Gasteiger charge is -1.94. The van der Waals surface area contributed by atoms with E-state index in [-0.39, 0.29) is 0 Å². The monoisotopic (exact) mass is 116 g/mol. The standard InChI is InChI=1S/C5H12N2O/c1-5(8-7)3-2-4-6/h3H,2,4,6-7H2,1H3/b5-3-. The van der Waals surface area contributed by atoms with Crippen LogP contribution in [0.25, 0.3) is 0 Å². The Morgan fingerprint density at radius 1 is 1.75 bits per heavy atom. The van der Waals surface area contributed by atoms with Crippen LogP contribution < -0.4 is 11.6 Å². The van der Waals surface area contributed by atoms with Crippen molar-refractivity contribution in [3.8, 4) is 0 Å². The normalized spacial score (nSPS) is 11.6. The van der Waals surface area contributed by atoms with Crippen LogP contribution in [0, 0.1) is 0 Å². The third kappa shape index (κ3) is 3.64. The zero-order valence-electron chi connectivity index (χ0n) is 5.05. The molecule has 0 bridgehead atoms. The van der Waals surface area contributed by atoms with E-state index in [9.17, 15) is 0 Å². The van der Waals surface area contributed by atoms with Crippen LogP contribution in [-0.4, -0.2) is 6.54 Å². The molecule has 0 amide bonds. The molecule has 0 saturated carbocycles. The summed E-state index contributed by atoms with van der Waals surface area (Å²) in [5.74, 6) is 5.52. The van der Waals surface area contributed by atoms with Crippen LogP contribution in [0.3, 0.4) is 0 Å². The molecule has 0 saturated heterocycles. The summed E-state index contributed by atoms with van der Waals surface area (Å²) in [6, 6.07) is 0. The molecule has 0 aliphatic rings. The molecule has 0 aromatic rings. The van der Waals surface area contributed by atoms with E-state index in [0.29, 0.717) is 6.54 Å². The van der Waals surface area contributed by atoms with Crippen molar-refractivity contribution in [3.63, 3.8) is 0 Å². The lowest BCUT2D eigenvalue weighted by molar-refractivity contribution is 0.221. The van der Waals surface area contributed by atoms with Gasteiger partial charge in [0.1, 0.15) is 5.76 Å². The maximum absolute atomic E-state index is 5.19. The van der Waals surface area contributed by atoms with Crippen molar-refractivity contribution in [1.29, 1.82) is 0 Å². The van der Waals surface area contributed by atoms with Crippen LogP contribution in [0.5, 0.6) is 0 Å². The molecule has 0 atom stereocenters. The summed E-state index contributed by atoms with van der Waals surface area (Å²) in [5, 5.41) is 0. The van der Waals surface area contributed by atoms with Crippen molar-refractivity contribution in [2.75, 3.05) is 6.54 Å². The van der Waals surface area contributed by atoms with E-state index in [1.54, 1.807) is 6.92 Å². The summed E-state index contributed by atoms with van der Waals surface area (Å²) >= 11 is 0. The third-order valence-electron chi connectivity index (χ3n) is 0.784. The Hall–Kier alpha value is -0.540. The summed E-state index contributed by atoms with van der Waals surface area (Å²) in [4.78, 5) is 4.36. The topological polar surface area (TPSA) is 61.3 Å². The number of rotatable bonds is 3. The first kappa shape index (κ1) is 7.46. The Labute approximate surface area is 49.3 Å². The molecule has 0 aliphatic carbocycles. The predicted octanol–water partition coefficient (Wildman–Crippen LogP) is 0.129. The van der Waals surface area contributed by atoms with Gasteiger partial charge in [0.15, 0.2) is 0 Å². The van der Waals surface area contributed by atoms with E-state index in [0.717, 1.165) is 12.2 Å². The van der Waals surface area contributed by atoms with Gasteiger partial charge in [0.2, 0.25) is 0 Å². The molecule has 0 spiro atoms. The molecule has 4 N–H and O–H groups in total. The first-order valence-electron chi connectivity index (χ1n) is 2.54. The Bertz CT molecular complexity index is 80.5. The summed E-state index contributed by atoms with van der Waals surface area (Å²) in [7, 11) is 0. The zero-order valence-corrected chi connectivity index (χ0v) is 5.05. The Morgan fingerprint density at radius 2 is 2.38 bits per heavy atom. The van der Waals surface area contributed by atoms with Gasteiger partial charge in [-0.15, -0.1) is 0 Å². The molecule has 0 rings (SSSR count). The Balaban J connectivity index is 3.26. The van der Waals surface area contributed by atoms with Gasteiger partial charge in [-0.1, -0.05) is 0 Å². The fourth-order valence-electron chi connectivity index (χ4n) is 0.335. The van der Waals surface area contributed by atoms with Crippen molar-refractivity contribution in [3.05, 3.63) is 11.8 Å². The highest BCUT2D eigenvalue weighted by Crippen LogP contribution is 1.90. The van der Waals surface area contributed by atoms with Crippen LogP contribution in [0.4, 0.5) is 0 Å². The SMILES string of the molecule is C/C(=C/CCN)ON. The lowest BCUT2D eigenvalue weighted by atomic mass is 10.4. The minimum absolute atomic E-state index is 0.640. The summed E-state index contributed by atoms with van der Waals surface area (Å²) in [6.07, 6.45) is 2.67. The molecular weight excluding hydrogens is 104 g/mol. The fourth-order valence-corrected chi connectivity index (χ4v) is 0.335. The molecule has 0 radical (unpaired) electrons. The molecular formula is C5H12N2O. The van der Waals surface area contributed by atoms with Crippen molar-refractivity contribution in [2.24, 2.45) is 11.6 Å². The highest BCUT2D eigenvalue weighted by atomic mass is 16.6. The van der Waals surface area contributed by atoms with Gasteiger partial charge in [0.05, 0.1) is 0 Å². The number of allylic oxidation sites excluding steroid dienone is 1. The minimum atomic E-state index is 0.640. The van der Waals surface area contributed by atoms with Gasteiger partial charge in [-0.2, -0.15) is 5.90 Å². The smallest absolute Gasteiger partial charge is 0.116 e. The lowest BCUT2D eigenvalue weighted by Crippen LogP contribution is -1.99. The van der Waals surface area contributed by atoms with E-state index in [4.69, 9.17) is 11.6 Å². The average Bonchev–Trinajstić information content (AvgIpc) is 1.83. The second-order valence-electron chi connectivity index (χ2n) is 1.51. The van der Waals surface area contributed by atoms with Crippen LogP contribution in [0.2, 0.25) is 0 Å². The first-order chi connectivity index (χ1) is 3.81. The van der Waals surface area contributed by atoms with Crippen molar-refractivity contribution >= 4 is 0 Å². The molecule has 0 fully saturated rings. The van der Waals surface area contributed by atoms with Gasteiger partial charge >= 0.3 is 0 Å². The molecule has 0 aliphatic heterocycles. The van der Waals surface area contributed by atoms with E-state index in [1.807, 2.05) is 6.08 Å². The van der Waals surface area contributed by atoms with Gasteiger partial charge in [0.25, 0.3) is 0 Å². The number of nitrogens with two attached hydrogens (primary N) is 2. The second-order valence-corrected chi connectivity index (χ2v) is 1.51. The maximum Gasteiger partial charge on any atom is 0.116 e. The maximum atomic E-state index is 5.19. The molecule has 0 unspecified atom stereocenters. The third-order valence-corrected chi connectivity index (χ3v) is 0.784. The first-order valence-corrected chi connectivity index (χ1v) is 2.54. The fraction of sp³-hybridized carbons (Fsp3) is 0.600. The van der Waals surface area contributed by atoms with Crippen molar-refractivity contribution in [2.45, 2.75) is 13.3 Å². The molecule has 3 nitrogen and oxygen atoms in total. The summed E-state index contributed by atoms with van der Waals surface area (Å²) in [5.41, 5.74) is 5.19. The van der Waals surface area contributed by atoms with Crippen LogP contribution in [-0.2, 0) is 4.84 Å².